The van der Waals surface area contributed by atoms with Gasteiger partial charge in [0.25, 0.3) is 0 Å². The van der Waals surface area contributed by atoms with Gasteiger partial charge < -0.3 is 0 Å². The fourth-order valence-corrected chi connectivity index (χ4v) is 1.90. The quantitative estimate of drug-likeness (QED) is 0.592. The van der Waals surface area contributed by atoms with Gasteiger partial charge in [-0.25, -0.2) is 14.6 Å². The molecule has 0 aliphatic heterocycles. The summed E-state index contributed by atoms with van der Waals surface area (Å²) in [7, 11) is 0. The molecule has 0 aliphatic rings. The van der Waals surface area contributed by atoms with E-state index in [1.165, 1.54) is 0 Å². The maximum atomic E-state index is 4.64. The molecule has 0 N–H and O–H groups in total. The van der Waals surface area contributed by atoms with E-state index in [-0.39, 0.29) is 5.54 Å². The third-order valence-corrected chi connectivity index (χ3v) is 2.71. The van der Waals surface area contributed by atoms with Crippen molar-refractivity contribution in [2.75, 3.05) is 0 Å². The van der Waals surface area contributed by atoms with Gasteiger partial charge >= 0.3 is 0 Å². The van der Waals surface area contributed by atoms with Crippen molar-refractivity contribution >= 4 is 22.2 Å². The molecule has 4 heteroatoms. The lowest BCUT2D eigenvalue weighted by molar-refractivity contribution is 0.366. The molecular formula is C13H14N4. The molecule has 0 amide bonds. The minimum absolute atomic E-state index is 0.0844. The number of para-hydroxylation sites is 2. The van der Waals surface area contributed by atoms with E-state index in [0.717, 1.165) is 22.2 Å². The van der Waals surface area contributed by atoms with Crippen molar-refractivity contribution < 1.29 is 0 Å². The molecule has 2 aromatic heterocycles. The minimum Gasteiger partial charge on any atom is -0.241 e. The smallest absolute Gasteiger partial charge is 0.177 e. The van der Waals surface area contributed by atoms with E-state index in [0.29, 0.717) is 0 Å². The van der Waals surface area contributed by atoms with Crippen LogP contribution in [-0.4, -0.2) is 19.7 Å². The molecule has 0 aliphatic carbocycles. The van der Waals surface area contributed by atoms with Gasteiger partial charge in [0, 0.05) is 0 Å². The van der Waals surface area contributed by atoms with Crippen molar-refractivity contribution in [3.63, 3.8) is 0 Å². The predicted molar refractivity (Wildman–Crippen MR) is 67.8 cm³/mol. The van der Waals surface area contributed by atoms with Gasteiger partial charge in [-0.05, 0) is 32.9 Å². The van der Waals surface area contributed by atoms with Crippen molar-refractivity contribution in [3.8, 4) is 0 Å². The van der Waals surface area contributed by atoms with Crippen LogP contribution in [0, 0.1) is 0 Å². The topological polar surface area (TPSA) is 43.6 Å². The Balaban J connectivity index is 2.39. The van der Waals surface area contributed by atoms with E-state index >= 15 is 0 Å². The summed E-state index contributed by atoms with van der Waals surface area (Å²) in [6.07, 6.45) is 1.78. The summed E-state index contributed by atoms with van der Waals surface area (Å²) in [6.45, 7) is 6.32. The second-order valence-corrected chi connectivity index (χ2v) is 5.15. The summed E-state index contributed by atoms with van der Waals surface area (Å²) in [5.41, 5.74) is 3.42. The number of hydrogen-bond donors (Lipinski definition) is 0. The van der Waals surface area contributed by atoms with Gasteiger partial charge in [0.1, 0.15) is 5.52 Å². The van der Waals surface area contributed by atoms with Gasteiger partial charge in [0.2, 0.25) is 0 Å². The van der Waals surface area contributed by atoms with E-state index in [2.05, 4.69) is 35.8 Å². The number of hydrogen-bond acceptors (Lipinski definition) is 3. The maximum absolute atomic E-state index is 4.64. The van der Waals surface area contributed by atoms with Crippen LogP contribution in [-0.2, 0) is 5.54 Å². The molecule has 3 aromatic rings. The van der Waals surface area contributed by atoms with E-state index in [1.54, 1.807) is 6.20 Å². The standard InChI is InChI=1S/C13H14N4/c1-13(2,3)17-12-11(8-14-17)15-9-6-4-5-7-10(9)16-12/h4-8H,1-3H3. The Labute approximate surface area is 99.3 Å². The lowest BCUT2D eigenvalue weighted by atomic mass is 10.1. The number of nitrogens with zero attached hydrogens (tertiary/aromatic N) is 4. The molecule has 1 aromatic carbocycles. The highest BCUT2D eigenvalue weighted by Gasteiger charge is 2.18. The molecule has 0 radical (unpaired) electrons. The highest BCUT2D eigenvalue weighted by atomic mass is 15.3. The average Bonchev–Trinajstić information content (AvgIpc) is 2.68. The zero-order valence-corrected chi connectivity index (χ0v) is 10.2. The molecule has 2 heterocycles. The highest BCUT2D eigenvalue weighted by molar-refractivity contribution is 5.84. The second-order valence-electron chi connectivity index (χ2n) is 5.15. The Hall–Kier alpha value is -1.97. The van der Waals surface area contributed by atoms with Gasteiger partial charge in [0.05, 0.1) is 22.8 Å². The molecule has 86 valence electrons. The van der Waals surface area contributed by atoms with Crippen LogP contribution < -0.4 is 0 Å². The number of fused-ring (bicyclic) bond motifs is 2. The lowest BCUT2D eigenvalue weighted by Crippen LogP contribution is -2.23. The fraction of sp³-hybridized carbons (Fsp3) is 0.308. The van der Waals surface area contributed by atoms with Crippen LogP contribution in [0.25, 0.3) is 22.2 Å². The fourth-order valence-electron chi connectivity index (χ4n) is 1.90. The molecule has 0 unspecified atom stereocenters. The molecule has 0 spiro atoms. The molecule has 4 nitrogen and oxygen atoms in total. The Morgan fingerprint density at radius 3 is 2.24 bits per heavy atom. The predicted octanol–water partition coefficient (Wildman–Crippen LogP) is 2.73. The first-order valence-electron chi connectivity index (χ1n) is 5.67. The van der Waals surface area contributed by atoms with Crippen LogP contribution in [0.5, 0.6) is 0 Å². The van der Waals surface area contributed by atoms with Crippen LogP contribution in [0.2, 0.25) is 0 Å². The molecule has 3 rings (SSSR count). The summed E-state index contributed by atoms with van der Waals surface area (Å²) in [5.74, 6) is 0. The van der Waals surface area contributed by atoms with Gasteiger partial charge in [0.15, 0.2) is 5.65 Å². The van der Waals surface area contributed by atoms with Crippen LogP contribution >= 0.6 is 0 Å². The number of benzene rings is 1. The monoisotopic (exact) mass is 226 g/mol. The SMILES string of the molecule is CC(C)(C)n1ncc2nc3ccccc3nc21. The molecule has 0 atom stereocenters. The van der Waals surface area contributed by atoms with E-state index in [4.69, 9.17) is 0 Å². The molecule has 0 bridgehead atoms. The van der Waals surface area contributed by atoms with E-state index in [9.17, 15) is 0 Å². The van der Waals surface area contributed by atoms with E-state index < -0.39 is 0 Å². The van der Waals surface area contributed by atoms with Crippen molar-refractivity contribution in [1.82, 2.24) is 19.7 Å². The lowest BCUT2D eigenvalue weighted by Gasteiger charge is -2.19. The molecule has 0 saturated heterocycles. The molecule has 17 heavy (non-hydrogen) atoms. The summed E-state index contributed by atoms with van der Waals surface area (Å²) in [6, 6.07) is 7.88. The first kappa shape index (κ1) is 10.2. The van der Waals surface area contributed by atoms with Gasteiger partial charge in [-0.15, -0.1) is 0 Å². The third-order valence-electron chi connectivity index (χ3n) is 2.71. The highest BCUT2D eigenvalue weighted by Crippen LogP contribution is 2.21. The summed E-state index contributed by atoms with van der Waals surface area (Å²) < 4.78 is 1.92. The first-order chi connectivity index (χ1) is 8.05. The van der Waals surface area contributed by atoms with Crippen molar-refractivity contribution in [2.45, 2.75) is 26.3 Å². The normalized spacial score (nSPS) is 12.4. The Bertz CT molecular complexity index is 691. The number of aromatic nitrogens is 4. The zero-order chi connectivity index (χ0) is 12.0. The largest absolute Gasteiger partial charge is 0.241 e. The summed E-state index contributed by atoms with van der Waals surface area (Å²) in [4.78, 5) is 9.21. The van der Waals surface area contributed by atoms with Gasteiger partial charge in [-0.1, -0.05) is 12.1 Å². The van der Waals surface area contributed by atoms with Gasteiger partial charge in [-0.3, -0.25) is 0 Å². The van der Waals surface area contributed by atoms with Crippen molar-refractivity contribution in [1.29, 1.82) is 0 Å². The summed E-state index contributed by atoms with van der Waals surface area (Å²) in [5, 5.41) is 4.38. The van der Waals surface area contributed by atoms with Crippen LogP contribution in [0.15, 0.2) is 30.5 Å². The zero-order valence-electron chi connectivity index (χ0n) is 10.2. The van der Waals surface area contributed by atoms with Crippen LogP contribution in [0.1, 0.15) is 20.8 Å². The second kappa shape index (κ2) is 3.26. The first-order valence-corrected chi connectivity index (χ1v) is 5.67. The minimum atomic E-state index is -0.0844. The van der Waals surface area contributed by atoms with Crippen LogP contribution in [0.4, 0.5) is 0 Å². The molecule has 0 saturated carbocycles. The average molecular weight is 226 g/mol. The Morgan fingerprint density at radius 1 is 0.941 bits per heavy atom. The Kier molecular flexibility index (Phi) is 1.96. The van der Waals surface area contributed by atoms with E-state index in [1.807, 2.05) is 28.9 Å². The van der Waals surface area contributed by atoms with Gasteiger partial charge in [-0.2, -0.15) is 5.10 Å². The van der Waals surface area contributed by atoms with Crippen molar-refractivity contribution in [2.24, 2.45) is 0 Å². The maximum Gasteiger partial charge on any atom is 0.177 e. The third kappa shape index (κ3) is 1.56. The van der Waals surface area contributed by atoms with Crippen LogP contribution in [0.3, 0.4) is 0 Å². The summed E-state index contributed by atoms with van der Waals surface area (Å²) >= 11 is 0. The van der Waals surface area contributed by atoms with Crippen molar-refractivity contribution in [3.05, 3.63) is 30.5 Å². The Morgan fingerprint density at radius 2 is 1.59 bits per heavy atom. The molecule has 0 fully saturated rings. The number of rotatable bonds is 0. The molecular weight excluding hydrogens is 212 g/mol.